The molecule has 6 heteroatoms. The molecule has 0 amide bonds. The van der Waals surface area contributed by atoms with Crippen molar-refractivity contribution in [2.24, 2.45) is 0 Å². The Kier molecular flexibility index (Phi) is 41.4. The molecule has 0 fully saturated rings. The number of hydrogen-bond acceptors (Lipinski definition) is 6. The molecule has 0 spiro atoms. The second-order valence-corrected chi connectivity index (χ2v) is 15.7. The van der Waals surface area contributed by atoms with Gasteiger partial charge in [0.2, 0.25) is 0 Å². The predicted octanol–water partition coefficient (Wildman–Crippen LogP) is 14.6. The Morgan fingerprint density at radius 2 is 0.660 bits per heavy atom. The van der Waals surface area contributed by atoms with Crippen molar-refractivity contribution in [1.29, 1.82) is 0 Å². The molecule has 0 aromatic heterocycles. The summed E-state index contributed by atoms with van der Waals surface area (Å²) in [6, 6.07) is 0. The van der Waals surface area contributed by atoms with Gasteiger partial charge in [0.1, 0.15) is 13.2 Å². The van der Waals surface area contributed by atoms with Crippen molar-refractivity contribution in [1.82, 2.24) is 0 Å². The van der Waals surface area contributed by atoms with Gasteiger partial charge in [0.15, 0.2) is 6.10 Å². The quantitative estimate of drug-likeness (QED) is 0.0268. The number of esters is 3. The second kappa shape index (κ2) is 42.9. The first kappa shape index (κ1) is 51.1. The summed E-state index contributed by atoms with van der Waals surface area (Å²) in [7, 11) is 0. The van der Waals surface area contributed by atoms with E-state index in [4.69, 9.17) is 14.2 Å². The fourth-order valence-corrected chi connectivity index (χ4v) is 6.74. The van der Waals surface area contributed by atoms with E-state index in [0.29, 0.717) is 19.3 Å². The maximum absolute atomic E-state index is 12.7. The molecule has 0 rings (SSSR count). The first-order valence-electron chi connectivity index (χ1n) is 23.2. The summed E-state index contributed by atoms with van der Waals surface area (Å²) < 4.78 is 16.7. The van der Waals surface area contributed by atoms with E-state index in [1.165, 1.54) is 141 Å². The number of allylic oxidation sites excluding steroid dienone is 2. The largest absolute Gasteiger partial charge is 0.462 e. The number of unbranched alkanes of at least 4 members (excludes halogenated alkanes) is 29. The van der Waals surface area contributed by atoms with Crippen LogP contribution in [0.4, 0.5) is 0 Å². The molecule has 0 aromatic carbocycles. The maximum Gasteiger partial charge on any atom is 0.306 e. The average molecular weight is 749 g/mol. The molecular formula is C47H88O6. The van der Waals surface area contributed by atoms with Gasteiger partial charge in [-0.05, 0) is 38.5 Å². The van der Waals surface area contributed by atoms with E-state index in [-0.39, 0.29) is 31.1 Å². The van der Waals surface area contributed by atoms with Crippen LogP contribution >= 0.6 is 0 Å². The summed E-state index contributed by atoms with van der Waals surface area (Å²) in [4.78, 5) is 37.6. The van der Waals surface area contributed by atoms with Crippen LogP contribution in [0.25, 0.3) is 0 Å². The summed E-state index contributed by atoms with van der Waals surface area (Å²) in [6.45, 7) is 6.55. The minimum atomic E-state index is -0.764. The van der Waals surface area contributed by atoms with Crippen molar-refractivity contribution in [3.05, 3.63) is 12.2 Å². The third-order valence-corrected chi connectivity index (χ3v) is 10.3. The average Bonchev–Trinajstić information content (AvgIpc) is 3.15. The molecule has 0 N–H and O–H groups in total. The molecule has 0 heterocycles. The smallest absolute Gasteiger partial charge is 0.306 e. The fraction of sp³-hybridized carbons (Fsp3) is 0.894. The lowest BCUT2D eigenvalue weighted by atomic mass is 10.0. The topological polar surface area (TPSA) is 78.9 Å². The Morgan fingerprint density at radius 1 is 0.358 bits per heavy atom. The molecule has 53 heavy (non-hydrogen) atoms. The van der Waals surface area contributed by atoms with Gasteiger partial charge >= 0.3 is 17.9 Å². The van der Waals surface area contributed by atoms with Crippen LogP contribution in [0, 0.1) is 0 Å². The van der Waals surface area contributed by atoms with E-state index in [9.17, 15) is 14.4 Å². The molecule has 0 aliphatic carbocycles. The van der Waals surface area contributed by atoms with Gasteiger partial charge in [-0.1, -0.05) is 206 Å². The van der Waals surface area contributed by atoms with Crippen LogP contribution in [-0.4, -0.2) is 37.2 Å². The third kappa shape index (κ3) is 41.2. The molecule has 0 aliphatic heterocycles. The predicted molar refractivity (Wildman–Crippen MR) is 224 cm³/mol. The van der Waals surface area contributed by atoms with Gasteiger partial charge in [0, 0.05) is 19.3 Å². The molecule has 6 nitrogen and oxygen atoms in total. The van der Waals surface area contributed by atoms with Crippen LogP contribution in [-0.2, 0) is 28.6 Å². The van der Waals surface area contributed by atoms with E-state index in [1.807, 2.05) is 0 Å². The van der Waals surface area contributed by atoms with Gasteiger partial charge < -0.3 is 14.2 Å². The number of carbonyl (C=O) groups excluding carboxylic acids is 3. The summed E-state index contributed by atoms with van der Waals surface area (Å²) in [5.74, 6) is -0.876. The van der Waals surface area contributed by atoms with E-state index < -0.39 is 6.10 Å². The molecule has 1 unspecified atom stereocenters. The van der Waals surface area contributed by atoms with E-state index in [1.54, 1.807) is 0 Å². The highest BCUT2D eigenvalue weighted by Crippen LogP contribution is 2.16. The van der Waals surface area contributed by atoms with E-state index in [2.05, 4.69) is 32.9 Å². The Hall–Kier alpha value is -1.85. The lowest BCUT2D eigenvalue weighted by molar-refractivity contribution is -0.167. The SMILES string of the molecule is CCC/C=C\CCCCCCCC(=O)OC(COC(=O)CCCCCCCCCC)COC(=O)CCCCCCCCCCCCCCCCCCC. The fourth-order valence-electron chi connectivity index (χ4n) is 6.74. The lowest BCUT2D eigenvalue weighted by Crippen LogP contribution is -2.30. The minimum absolute atomic E-state index is 0.0693. The van der Waals surface area contributed by atoms with Gasteiger partial charge in [0.05, 0.1) is 0 Å². The van der Waals surface area contributed by atoms with Gasteiger partial charge in [0.25, 0.3) is 0 Å². The van der Waals surface area contributed by atoms with Crippen LogP contribution in [0.5, 0.6) is 0 Å². The van der Waals surface area contributed by atoms with Gasteiger partial charge in [-0.2, -0.15) is 0 Å². The highest BCUT2D eigenvalue weighted by Gasteiger charge is 2.19. The molecule has 0 aliphatic rings. The molecule has 0 saturated heterocycles. The van der Waals surface area contributed by atoms with E-state index >= 15 is 0 Å². The highest BCUT2D eigenvalue weighted by molar-refractivity contribution is 5.71. The van der Waals surface area contributed by atoms with Crippen LogP contribution in [0.1, 0.15) is 252 Å². The zero-order valence-corrected chi connectivity index (χ0v) is 35.6. The molecule has 1 atom stereocenters. The van der Waals surface area contributed by atoms with Crippen molar-refractivity contribution < 1.29 is 28.6 Å². The van der Waals surface area contributed by atoms with Crippen molar-refractivity contribution in [2.45, 2.75) is 258 Å². The monoisotopic (exact) mass is 749 g/mol. The third-order valence-electron chi connectivity index (χ3n) is 10.3. The maximum atomic E-state index is 12.7. The molecule has 0 bridgehead atoms. The molecule has 312 valence electrons. The van der Waals surface area contributed by atoms with Crippen molar-refractivity contribution in [2.75, 3.05) is 13.2 Å². The number of carbonyl (C=O) groups is 3. The zero-order chi connectivity index (χ0) is 38.7. The number of ether oxygens (including phenoxy) is 3. The Balaban J connectivity index is 4.23. The van der Waals surface area contributed by atoms with E-state index in [0.717, 1.165) is 70.6 Å². The van der Waals surface area contributed by atoms with Crippen molar-refractivity contribution in [3.63, 3.8) is 0 Å². The van der Waals surface area contributed by atoms with Crippen LogP contribution < -0.4 is 0 Å². The lowest BCUT2D eigenvalue weighted by Gasteiger charge is -2.18. The van der Waals surface area contributed by atoms with Crippen molar-refractivity contribution >= 4 is 17.9 Å². The van der Waals surface area contributed by atoms with Crippen LogP contribution in [0.15, 0.2) is 12.2 Å². The van der Waals surface area contributed by atoms with Gasteiger partial charge in [-0.15, -0.1) is 0 Å². The van der Waals surface area contributed by atoms with Gasteiger partial charge in [-0.3, -0.25) is 14.4 Å². The minimum Gasteiger partial charge on any atom is -0.462 e. The second-order valence-electron chi connectivity index (χ2n) is 15.7. The Bertz CT molecular complexity index is 824. The summed E-state index contributed by atoms with van der Waals surface area (Å²) in [5, 5.41) is 0. The first-order valence-corrected chi connectivity index (χ1v) is 23.2. The normalized spacial score (nSPS) is 12.0. The standard InChI is InChI=1S/C47H88O6/c1-4-7-10-13-16-19-21-22-23-24-25-26-27-29-31-34-37-40-46(49)52-43-44(42-51-45(48)39-36-33-30-18-15-12-9-6-3)53-47(50)41-38-35-32-28-20-17-14-11-8-5-2/h11,14,44H,4-10,12-13,15-43H2,1-3H3/b14-11-. The highest BCUT2D eigenvalue weighted by atomic mass is 16.6. The Labute approximate surface area is 329 Å². The molecular weight excluding hydrogens is 661 g/mol. The molecule has 0 radical (unpaired) electrons. The van der Waals surface area contributed by atoms with Crippen molar-refractivity contribution in [3.8, 4) is 0 Å². The van der Waals surface area contributed by atoms with Crippen LogP contribution in [0.3, 0.4) is 0 Å². The van der Waals surface area contributed by atoms with Gasteiger partial charge in [-0.25, -0.2) is 0 Å². The summed E-state index contributed by atoms with van der Waals surface area (Å²) >= 11 is 0. The Morgan fingerprint density at radius 3 is 1.02 bits per heavy atom. The van der Waals surface area contributed by atoms with Crippen LogP contribution in [0.2, 0.25) is 0 Å². The number of rotatable bonds is 42. The zero-order valence-electron chi connectivity index (χ0n) is 35.6. The molecule has 0 saturated carbocycles. The summed E-state index contributed by atoms with van der Waals surface area (Å²) in [6.07, 6.45) is 44.9. The number of hydrogen-bond donors (Lipinski definition) is 0. The summed E-state index contributed by atoms with van der Waals surface area (Å²) in [5.41, 5.74) is 0. The first-order chi connectivity index (χ1) is 26.0. The molecule has 0 aromatic rings.